The summed E-state index contributed by atoms with van der Waals surface area (Å²) in [5.41, 5.74) is 2.09. The topological polar surface area (TPSA) is 149 Å². The summed E-state index contributed by atoms with van der Waals surface area (Å²) in [6.07, 6.45) is 8.52. The molecule has 2 saturated carbocycles. The van der Waals surface area contributed by atoms with Crippen molar-refractivity contribution in [3.63, 3.8) is 0 Å². The fourth-order valence-electron chi connectivity index (χ4n) is 9.22. The van der Waals surface area contributed by atoms with Crippen molar-refractivity contribution in [1.82, 2.24) is 34.3 Å². The molecule has 4 fully saturated rings. The molecule has 59 heavy (non-hydrogen) atoms. The molecule has 2 saturated heterocycles. The molecule has 5 heterocycles. The third-order valence-corrected chi connectivity index (χ3v) is 12.5. The van der Waals surface area contributed by atoms with E-state index in [0.717, 1.165) is 74.6 Å². The van der Waals surface area contributed by atoms with Crippen LogP contribution in [-0.4, -0.2) is 85.3 Å². The lowest BCUT2D eigenvalue weighted by molar-refractivity contribution is -0.120. The minimum atomic E-state index is -1.05. The van der Waals surface area contributed by atoms with Crippen LogP contribution in [0.4, 0.5) is 25.1 Å². The van der Waals surface area contributed by atoms with E-state index in [1.165, 1.54) is 21.6 Å². The van der Waals surface area contributed by atoms with Gasteiger partial charge in [0.25, 0.3) is 11.5 Å². The van der Waals surface area contributed by atoms with Crippen molar-refractivity contribution < 1.29 is 27.9 Å². The molecule has 0 radical (unpaired) electrons. The molecule has 2 atom stereocenters. The second-order valence-corrected chi connectivity index (χ2v) is 16.9. The normalized spacial score (nSPS) is 23.0. The van der Waals surface area contributed by atoms with E-state index in [2.05, 4.69) is 20.6 Å². The molecule has 3 aromatic heterocycles. The van der Waals surface area contributed by atoms with Crippen molar-refractivity contribution in [2.24, 2.45) is 13.0 Å². The van der Waals surface area contributed by atoms with E-state index in [0.29, 0.717) is 40.4 Å². The van der Waals surface area contributed by atoms with Crippen LogP contribution in [0.15, 0.2) is 53.6 Å². The van der Waals surface area contributed by atoms with Gasteiger partial charge in [-0.25, -0.2) is 13.6 Å². The molecule has 14 nitrogen and oxygen atoms in total. The largest absolute Gasteiger partial charge is 0.490 e. The third-order valence-electron chi connectivity index (χ3n) is 12.5. The SMILES string of the molecule is CC(C)Oc1cc2nn(C3CCC(CN4CCC(c5cc6c(cc5F)c(N5CCC(=O)NC5=O)nn6C)CC4)CC3)cc2cc1C(=O)Nc1cccn([C@H]2C[C@H]2F)c1=O. The Morgan fingerprint density at radius 1 is 1.02 bits per heavy atom. The van der Waals surface area contributed by atoms with Crippen LogP contribution in [0.25, 0.3) is 21.8 Å². The van der Waals surface area contributed by atoms with E-state index in [1.807, 2.05) is 30.8 Å². The number of fused-ring (bicyclic) bond motifs is 2. The van der Waals surface area contributed by atoms with Gasteiger partial charge in [-0.3, -0.25) is 34.0 Å². The average Bonchev–Trinajstić information content (AvgIpc) is 3.64. The zero-order chi connectivity index (χ0) is 41.1. The molecule has 310 valence electrons. The summed E-state index contributed by atoms with van der Waals surface area (Å²) in [5.74, 6) is 0.257. The number of ether oxygens (including phenoxy) is 1. The van der Waals surface area contributed by atoms with Gasteiger partial charge in [0, 0.05) is 62.2 Å². The molecular weight excluding hydrogens is 761 g/mol. The maximum atomic E-state index is 15.7. The van der Waals surface area contributed by atoms with Crippen LogP contribution < -0.4 is 25.8 Å². The molecule has 16 heteroatoms. The van der Waals surface area contributed by atoms with Crippen LogP contribution in [0.5, 0.6) is 5.75 Å². The smallest absolute Gasteiger partial charge is 0.329 e. The maximum Gasteiger partial charge on any atom is 0.329 e. The second-order valence-electron chi connectivity index (χ2n) is 16.9. The number of piperidine rings is 1. The highest BCUT2D eigenvalue weighted by atomic mass is 19.1. The van der Waals surface area contributed by atoms with Crippen LogP contribution in [-0.2, 0) is 11.8 Å². The van der Waals surface area contributed by atoms with Crippen LogP contribution in [0, 0.1) is 11.7 Å². The molecule has 4 aliphatic rings. The standard InChI is InChI=1S/C43H49F2N9O5/c1-24(2)59-38-21-35-27(17-31(38)41(56)46-34-5-4-13-52(42(34)57)37-20-33(37)45)23-54(48-35)28-8-6-25(7-9-28)22-51-14-10-26(11-15-51)29-19-36-30(18-32(29)44)40(49-50(36)3)53-16-12-39(55)47-43(53)58/h4-5,13,17-19,21,23-26,28,33,37H,6-12,14-16,20,22H2,1-3H3,(H,46,56)(H,47,55,58)/t25?,28?,33-,37+/m1/s1. The Hall–Kier alpha value is -5.64. The predicted molar refractivity (Wildman–Crippen MR) is 218 cm³/mol. The summed E-state index contributed by atoms with van der Waals surface area (Å²) in [6, 6.07) is 9.26. The van der Waals surface area contributed by atoms with E-state index in [4.69, 9.17) is 9.84 Å². The number of amides is 4. The van der Waals surface area contributed by atoms with Gasteiger partial charge in [0.2, 0.25) is 5.91 Å². The third kappa shape index (κ3) is 7.70. The van der Waals surface area contributed by atoms with Gasteiger partial charge in [0.15, 0.2) is 5.82 Å². The minimum absolute atomic E-state index is 0.0832. The lowest BCUT2D eigenvalue weighted by Gasteiger charge is -2.37. The average molecular weight is 810 g/mol. The number of aromatic nitrogens is 5. The summed E-state index contributed by atoms with van der Waals surface area (Å²) in [5, 5.41) is 15.9. The highest BCUT2D eigenvalue weighted by Gasteiger charge is 2.40. The van der Waals surface area contributed by atoms with E-state index >= 15 is 4.39 Å². The van der Waals surface area contributed by atoms with E-state index < -0.39 is 29.7 Å². The molecule has 2 N–H and O–H groups in total. The van der Waals surface area contributed by atoms with Gasteiger partial charge in [0.05, 0.1) is 34.8 Å². The number of carbonyl (C=O) groups is 3. The molecule has 2 aromatic carbocycles. The van der Waals surface area contributed by atoms with Crippen molar-refractivity contribution in [3.8, 4) is 5.75 Å². The summed E-state index contributed by atoms with van der Waals surface area (Å²) in [4.78, 5) is 54.7. The van der Waals surface area contributed by atoms with Crippen LogP contribution >= 0.6 is 0 Å². The number of rotatable bonds is 10. The summed E-state index contributed by atoms with van der Waals surface area (Å²) >= 11 is 0. The maximum absolute atomic E-state index is 15.7. The number of hydrogen-bond donors (Lipinski definition) is 2. The molecule has 5 aromatic rings. The molecule has 4 amide bonds. The quantitative estimate of drug-likeness (QED) is 0.160. The molecular formula is C43H49F2N9O5. The van der Waals surface area contributed by atoms with E-state index in [9.17, 15) is 23.6 Å². The zero-order valence-electron chi connectivity index (χ0n) is 33.5. The number of likely N-dealkylation sites (tertiary alicyclic amines) is 1. The fourth-order valence-corrected chi connectivity index (χ4v) is 9.22. The first-order chi connectivity index (χ1) is 28.4. The van der Waals surface area contributed by atoms with Crippen LogP contribution in [0.2, 0.25) is 0 Å². The summed E-state index contributed by atoms with van der Waals surface area (Å²) < 4.78 is 40.6. The number of imide groups is 1. The summed E-state index contributed by atoms with van der Waals surface area (Å²) in [7, 11) is 1.79. The van der Waals surface area contributed by atoms with Gasteiger partial charge in [0.1, 0.15) is 23.4 Å². The number of pyridine rings is 1. The van der Waals surface area contributed by atoms with Gasteiger partial charge < -0.3 is 19.5 Å². The monoisotopic (exact) mass is 809 g/mol. The second kappa shape index (κ2) is 15.5. The number of anilines is 2. The predicted octanol–water partition coefficient (Wildman–Crippen LogP) is 6.60. The first-order valence-corrected chi connectivity index (χ1v) is 20.8. The van der Waals surface area contributed by atoms with Gasteiger partial charge >= 0.3 is 6.03 Å². The van der Waals surface area contributed by atoms with Crippen molar-refractivity contribution in [2.75, 3.05) is 36.4 Å². The summed E-state index contributed by atoms with van der Waals surface area (Å²) in [6.45, 7) is 6.75. The number of carbonyl (C=O) groups excluding carboxylic acids is 3. The number of urea groups is 1. The Morgan fingerprint density at radius 3 is 2.49 bits per heavy atom. The first kappa shape index (κ1) is 38.9. The van der Waals surface area contributed by atoms with Crippen molar-refractivity contribution in [2.45, 2.75) is 95.5 Å². The Labute approximate surface area is 339 Å². The Balaban J connectivity index is 0.816. The molecule has 9 rings (SSSR count). The van der Waals surface area contributed by atoms with Crippen molar-refractivity contribution in [1.29, 1.82) is 0 Å². The highest BCUT2D eigenvalue weighted by molar-refractivity contribution is 6.09. The van der Waals surface area contributed by atoms with Gasteiger partial charge in [-0.2, -0.15) is 10.2 Å². The lowest BCUT2D eigenvalue weighted by Crippen LogP contribution is -2.49. The molecule has 0 spiro atoms. The van der Waals surface area contributed by atoms with E-state index in [-0.39, 0.29) is 48.4 Å². The Kier molecular flexibility index (Phi) is 10.2. The van der Waals surface area contributed by atoms with Crippen molar-refractivity contribution >= 4 is 51.2 Å². The van der Waals surface area contributed by atoms with Crippen molar-refractivity contribution in [3.05, 3.63) is 76.1 Å². The van der Waals surface area contributed by atoms with Gasteiger partial charge in [-0.15, -0.1) is 0 Å². The number of benzene rings is 2. The lowest BCUT2D eigenvalue weighted by atomic mass is 9.84. The highest BCUT2D eigenvalue weighted by Crippen LogP contribution is 2.39. The number of nitrogens with one attached hydrogen (secondary N) is 2. The number of hydrogen-bond acceptors (Lipinski definition) is 8. The molecule has 2 aliphatic heterocycles. The Morgan fingerprint density at radius 2 is 1.78 bits per heavy atom. The number of alkyl halides is 1. The van der Waals surface area contributed by atoms with E-state index in [1.54, 1.807) is 36.1 Å². The zero-order valence-corrected chi connectivity index (χ0v) is 33.5. The van der Waals surface area contributed by atoms with Crippen LogP contribution in [0.1, 0.15) is 99.1 Å². The number of nitrogens with zero attached hydrogens (tertiary/aromatic N) is 7. The van der Waals surface area contributed by atoms with Gasteiger partial charge in [-0.1, -0.05) is 0 Å². The minimum Gasteiger partial charge on any atom is -0.490 e. The molecule has 0 unspecified atom stereocenters. The molecule has 2 aliphatic carbocycles. The molecule has 0 bridgehead atoms. The number of halogens is 2. The van der Waals surface area contributed by atoms with Gasteiger partial charge in [-0.05, 0) is 113 Å². The fraction of sp³-hybridized carbons (Fsp3) is 0.488. The Bertz CT molecular complexity index is 2510. The first-order valence-electron chi connectivity index (χ1n) is 20.8. The number of aryl methyl sites for hydroxylation is 1. The van der Waals surface area contributed by atoms with Crippen LogP contribution in [0.3, 0.4) is 0 Å².